The molecule has 3 rings (SSSR count). The van der Waals surface area contributed by atoms with Crippen LogP contribution in [0.5, 0.6) is 0 Å². The summed E-state index contributed by atoms with van der Waals surface area (Å²) in [5.41, 5.74) is 2.44. The monoisotopic (exact) mass is 398 g/mol. The average Bonchev–Trinajstić information content (AvgIpc) is 3.09. The van der Waals surface area contributed by atoms with E-state index in [0.717, 1.165) is 23.0 Å². The highest BCUT2D eigenvalue weighted by Gasteiger charge is 2.26. The second-order valence-corrected chi connectivity index (χ2v) is 7.26. The number of hydrogen-bond donors (Lipinski definition) is 3. The zero-order valence-corrected chi connectivity index (χ0v) is 16.6. The molecule has 3 N–H and O–H groups in total. The Labute approximate surface area is 168 Å². The Balaban J connectivity index is 1.68. The summed E-state index contributed by atoms with van der Waals surface area (Å²) >= 11 is 5.88. The summed E-state index contributed by atoms with van der Waals surface area (Å²) < 4.78 is 0. The van der Waals surface area contributed by atoms with E-state index in [1.54, 1.807) is 24.3 Å². The lowest BCUT2D eigenvalue weighted by atomic mass is 9.98. The Morgan fingerprint density at radius 1 is 1.14 bits per heavy atom. The molecule has 0 fully saturated rings. The van der Waals surface area contributed by atoms with Crippen molar-refractivity contribution in [3.05, 3.63) is 59.1 Å². The van der Waals surface area contributed by atoms with Crippen molar-refractivity contribution in [3.8, 4) is 0 Å². The first-order valence-corrected chi connectivity index (χ1v) is 9.63. The number of nitrogens with zero attached hydrogens (tertiary/aromatic N) is 1. The summed E-state index contributed by atoms with van der Waals surface area (Å²) in [6.45, 7) is 3.92. The van der Waals surface area contributed by atoms with Gasteiger partial charge in [0.05, 0.1) is 17.5 Å². The van der Waals surface area contributed by atoms with Gasteiger partial charge in [0.2, 0.25) is 17.8 Å². The molecule has 2 aromatic carbocycles. The van der Waals surface area contributed by atoms with Gasteiger partial charge in [-0.1, -0.05) is 56.1 Å². The molecule has 7 heteroatoms. The van der Waals surface area contributed by atoms with Gasteiger partial charge in [-0.2, -0.15) is 0 Å². The standard InChI is InChI=1S/C21H23ClN4O2/c1-3-13(2)19(25-18(27)12-14-8-10-15(22)11-9-14)20(28)26-21-23-16-6-4-5-7-17(16)24-21/h4-11,13,19H,3,12H2,1-2H3,(H,25,27)(H2,23,24,26,28)/t13-,19-/m0/s1. The fourth-order valence-electron chi connectivity index (χ4n) is 2.92. The number of carbonyl (C=O) groups excluding carboxylic acids is 2. The molecule has 0 radical (unpaired) electrons. The molecule has 1 aromatic heterocycles. The highest BCUT2D eigenvalue weighted by molar-refractivity contribution is 6.30. The Bertz CT molecular complexity index is 935. The quantitative estimate of drug-likeness (QED) is 0.563. The maximum absolute atomic E-state index is 12.8. The number of rotatable bonds is 7. The van der Waals surface area contributed by atoms with Crippen LogP contribution in [0.25, 0.3) is 11.0 Å². The second kappa shape index (κ2) is 8.89. The van der Waals surface area contributed by atoms with E-state index >= 15 is 0 Å². The first-order valence-electron chi connectivity index (χ1n) is 9.25. The molecular weight excluding hydrogens is 376 g/mol. The zero-order valence-electron chi connectivity index (χ0n) is 15.8. The number of imidazole rings is 1. The third-order valence-electron chi connectivity index (χ3n) is 4.72. The molecule has 0 unspecified atom stereocenters. The van der Waals surface area contributed by atoms with Crippen LogP contribution in [-0.2, 0) is 16.0 Å². The van der Waals surface area contributed by atoms with Gasteiger partial charge in [-0.15, -0.1) is 0 Å². The molecule has 28 heavy (non-hydrogen) atoms. The molecule has 0 saturated carbocycles. The number of H-pyrrole nitrogens is 1. The van der Waals surface area contributed by atoms with E-state index in [9.17, 15) is 9.59 Å². The number of anilines is 1. The number of benzene rings is 2. The van der Waals surface area contributed by atoms with Crippen LogP contribution in [0.3, 0.4) is 0 Å². The van der Waals surface area contributed by atoms with Crippen molar-refractivity contribution in [3.63, 3.8) is 0 Å². The summed E-state index contributed by atoms with van der Waals surface area (Å²) in [5.74, 6) is -0.171. The normalized spacial score (nSPS) is 13.1. The molecule has 0 aliphatic heterocycles. The van der Waals surface area contributed by atoms with E-state index in [-0.39, 0.29) is 24.2 Å². The molecule has 0 bridgehead atoms. The molecule has 0 aliphatic rings. The van der Waals surface area contributed by atoms with Crippen molar-refractivity contribution >= 4 is 40.4 Å². The summed E-state index contributed by atoms with van der Waals surface area (Å²) in [6, 6.07) is 14.0. The molecular formula is C21H23ClN4O2. The van der Waals surface area contributed by atoms with Gasteiger partial charge in [-0.3, -0.25) is 14.9 Å². The molecule has 2 amide bonds. The van der Waals surface area contributed by atoms with E-state index in [1.807, 2.05) is 38.1 Å². The number of para-hydroxylation sites is 2. The van der Waals surface area contributed by atoms with E-state index in [4.69, 9.17) is 11.6 Å². The Kier molecular flexibility index (Phi) is 6.31. The van der Waals surface area contributed by atoms with Crippen LogP contribution in [0.1, 0.15) is 25.8 Å². The van der Waals surface area contributed by atoms with Crippen molar-refractivity contribution in [1.82, 2.24) is 15.3 Å². The van der Waals surface area contributed by atoms with Gasteiger partial charge >= 0.3 is 0 Å². The van der Waals surface area contributed by atoms with Gasteiger partial charge in [-0.25, -0.2) is 4.98 Å². The number of fused-ring (bicyclic) bond motifs is 1. The topological polar surface area (TPSA) is 86.9 Å². The summed E-state index contributed by atoms with van der Waals surface area (Å²) in [4.78, 5) is 32.7. The fourth-order valence-corrected chi connectivity index (χ4v) is 3.05. The smallest absolute Gasteiger partial charge is 0.249 e. The van der Waals surface area contributed by atoms with Crippen molar-refractivity contribution in [2.45, 2.75) is 32.7 Å². The van der Waals surface area contributed by atoms with Crippen LogP contribution in [0, 0.1) is 5.92 Å². The number of nitrogens with one attached hydrogen (secondary N) is 3. The van der Waals surface area contributed by atoms with Crippen LogP contribution < -0.4 is 10.6 Å². The van der Waals surface area contributed by atoms with Crippen LogP contribution in [-0.4, -0.2) is 27.8 Å². The van der Waals surface area contributed by atoms with Crippen LogP contribution in [0.2, 0.25) is 5.02 Å². The van der Waals surface area contributed by atoms with Crippen LogP contribution in [0.15, 0.2) is 48.5 Å². The fraction of sp³-hybridized carbons (Fsp3) is 0.286. The Hall–Kier alpha value is -2.86. The number of halogens is 1. The number of aromatic amines is 1. The largest absolute Gasteiger partial charge is 0.344 e. The Morgan fingerprint density at radius 3 is 2.54 bits per heavy atom. The first-order chi connectivity index (χ1) is 13.5. The lowest BCUT2D eigenvalue weighted by Gasteiger charge is -2.23. The van der Waals surface area contributed by atoms with Crippen molar-refractivity contribution in [2.75, 3.05) is 5.32 Å². The molecule has 0 spiro atoms. The molecule has 0 aliphatic carbocycles. The highest BCUT2D eigenvalue weighted by atomic mass is 35.5. The third-order valence-corrected chi connectivity index (χ3v) is 4.97. The molecule has 1 heterocycles. The van der Waals surface area contributed by atoms with Crippen molar-refractivity contribution in [2.24, 2.45) is 5.92 Å². The summed E-state index contributed by atoms with van der Waals surface area (Å²) in [5, 5.41) is 6.26. The van der Waals surface area contributed by atoms with Gasteiger partial charge in [-0.05, 0) is 35.7 Å². The van der Waals surface area contributed by atoms with Crippen molar-refractivity contribution in [1.29, 1.82) is 0 Å². The van der Waals surface area contributed by atoms with Gasteiger partial charge in [0.1, 0.15) is 6.04 Å². The molecule has 3 aromatic rings. The Morgan fingerprint density at radius 2 is 1.86 bits per heavy atom. The maximum Gasteiger partial charge on any atom is 0.249 e. The predicted octanol–water partition coefficient (Wildman–Crippen LogP) is 3.93. The van der Waals surface area contributed by atoms with E-state index in [1.165, 1.54) is 0 Å². The highest BCUT2D eigenvalue weighted by Crippen LogP contribution is 2.16. The molecule has 2 atom stereocenters. The van der Waals surface area contributed by atoms with Gasteiger partial charge in [0, 0.05) is 5.02 Å². The SMILES string of the molecule is CC[C@H](C)[C@H](NC(=O)Cc1ccc(Cl)cc1)C(=O)Nc1nc2ccccc2[nH]1. The van der Waals surface area contributed by atoms with Crippen molar-refractivity contribution < 1.29 is 9.59 Å². The first kappa shape index (κ1) is 19.9. The summed E-state index contributed by atoms with van der Waals surface area (Å²) in [6.07, 6.45) is 0.932. The van der Waals surface area contributed by atoms with E-state index < -0.39 is 6.04 Å². The van der Waals surface area contributed by atoms with Gasteiger partial charge in [0.25, 0.3) is 0 Å². The van der Waals surface area contributed by atoms with E-state index in [0.29, 0.717) is 11.0 Å². The average molecular weight is 399 g/mol. The minimum Gasteiger partial charge on any atom is -0.344 e. The lowest BCUT2D eigenvalue weighted by Crippen LogP contribution is -2.48. The zero-order chi connectivity index (χ0) is 20.1. The van der Waals surface area contributed by atoms with Crippen LogP contribution in [0.4, 0.5) is 5.95 Å². The second-order valence-electron chi connectivity index (χ2n) is 6.83. The maximum atomic E-state index is 12.8. The van der Waals surface area contributed by atoms with Gasteiger partial charge < -0.3 is 10.3 Å². The minimum absolute atomic E-state index is 0.0291. The minimum atomic E-state index is -0.655. The number of aromatic nitrogens is 2. The molecule has 0 saturated heterocycles. The van der Waals surface area contributed by atoms with Gasteiger partial charge in [0.15, 0.2) is 0 Å². The number of carbonyl (C=O) groups is 2. The third kappa shape index (κ3) is 4.89. The number of amides is 2. The van der Waals surface area contributed by atoms with Crippen LogP contribution >= 0.6 is 11.6 Å². The molecule has 6 nitrogen and oxygen atoms in total. The predicted molar refractivity (Wildman–Crippen MR) is 111 cm³/mol. The lowest BCUT2D eigenvalue weighted by molar-refractivity contribution is -0.127. The molecule has 146 valence electrons. The van der Waals surface area contributed by atoms with E-state index in [2.05, 4.69) is 20.6 Å². The number of hydrogen-bond acceptors (Lipinski definition) is 3. The summed E-state index contributed by atoms with van der Waals surface area (Å²) in [7, 11) is 0.